The first-order valence-electron chi connectivity index (χ1n) is 7.91. The van der Waals surface area contributed by atoms with Crippen molar-refractivity contribution in [2.75, 3.05) is 4.72 Å². The molecule has 0 saturated carbocycles. The van der Waals surface area contributed by atoms with Gasteiger partial charge in [0.15, 0.2) is 0 Å². The van der Waals surface area contributed by atoms with E-state index < -0.39 is 10.0 Å². The Balaban J connectivity index is 1.92. The SMILES string of the molecule is Cc1ccc(S(=O)(=O)Nc2ccccc2C2C=CCCC2)cc1. The van der Waals surface area contributed by atoms with Gasteiger partial charge >= 0.3 is 0 Å². The van der Waals surface area contributed by atoms with E-state index in [0.29, 0.717) is 5.69 Å². The summed E-state index contributed by atoms with van der Waals surface area (Å²) in [7, 11) is -3.57. The van der Waals surface area contributed by atoms with Crippen molar-refractivity contribution in [2.45, 2.75) is 37.0 Å². The zero-order valence-electron chi connectivity index (χ0n) is 13.2. The Bertz CT molecular complexity index is 808. The molecule has 0 saturated heterocycles. The van der Waals surface area contributed by atoms with Crippen molar-refractivity contribution in [3.63, 3.8) is 0 Å². The number of allylic oxidation sites excluding steroid dienone is 2. The van der Waals surface area contributed by atoms with Gasteiger partial charge in [-0.15, -0.1) is 0 Å². The van der Waals surface area contributed by atoms with Crippen molar-refractivity contribution in [3.8, 4) is 0 Å². The Morgan fingerprint density at radius 3 is 2.48 bits per heavy atom. The van der Waals surface area contributed by atoms with Crippen LogP contribution in [0.15, 0.2) is 65.6 Å². The maximum absolute atomic E-state index is 12.6. The smallest absolute Gasteiger partial charge is 0.261 e. The molecular weight excluding hydrogens is 306 g/mol. The molecule has 3 rings (SSSR count). The van der Waals surface area contributed by atoms with Gasteiger partial charge in [-0.2, -0.15) is 0 Å². The van der Waals surface area contributed by atoms with Gasteiger partial charge in [0, 0.05) is 5.92 Å². The van der Waals surface area contributed by atoms with Crippen LogP contribution in [0.5, 0.6) is 0 Å². The van der Waals surface area contributed by atoms with Gasteiger partial charge in [-0.05, 0) is 49.9 Å². The Kier molecular flexibility index (Phi) is 4.53. The zero-order chi connectivity index (χ0) is 16.3. The molecule has 3 nitrogen and oxygen atoms in total. The molecule has 1 atom stereocenters. The Labute approximate surface area is 138 Å². The number of aryl methyl sites for hydroxylation is 1. The molecule has 0 heterocycles. The first-order valence-corrected chi connectivity index (χ1v) is 9.40. The third-order valence-corrected chi connectivity index (χ3v) is 5.57. The highest BCUT2D eigenvalue weighted by molar-refractivity contribution is 7.92. The first-order chi connectivity index (χ1) is 11.1. The molecule has 120 valence electrons. The molecule has 0 aliphatic heterocycles. The summed E-state index contributed by atoms with van der Waals surface area (Å²) in [5, 5.41) is 0. The lowest BCUT2D eigenvalue weighted by Gasteiger charge is -2.20. The fraction of sp³-hybridized carbons (Fsp3) is 0.263. The third kappa shape index (κ3) is 3.64. The Morgan fingerprint density at radius 1 is 1.04 bits per heavy atom. The number of hydrogen-bond acceptors (Lipinski definition) is 2. The Morgan fingerprint density at radius 2 is 1.78 bits per heavy atom. The van der Waals surface area contributed by atoms with Gasteiger partial charge < -0.3 is 0 Å². The summed E-state index contributed by atoms with van der Waals surface area (Å²) in [5.41, 5.74) is 2.75. The maximum atomic E-state index is 12.6. The van der Waals surface area contributed by atoms with Gasteiger partial charge in [0.1, 0.15) is 0 Å². The van der Waals surface area contributed by atoms with Crippen LogP contribution in [0.3, 0.4) is 0 Å². The number of anilines is 1. The molecule has 0 aromatic heterocycles. The van der Waals surface area contributed by atoms with Gasteiger partial charge in [-0.3, -0.25) is 4.72 Å². The second kappa shape index (κ2) is 6.59. The summed E-state index contributed by atoms with van der Waals surface area (Å²) >= 11 is 0. The van der Waals surface area contributed by atoms with Crippen molar-refractivity contribution in [1.82, 2.24) is 0 Å². The van der Waals surface area contributed by atoms with E-state index in [4.69, 9.17) is 0 Å². The summed E-state index contributed by atoms with van der Waals surface area (Å²) in [5.74, 6) is 0.278. The number of rotatable bonds is 4. The lowest BCUT2D eigenvalue weighted by molar-refractivity contribution is 0.601. The minimum Gasteiger partial charge on any atom is -0.279 e. The standard InChI is InChI=1S/C19H21NO2S/c1-15-11-13-17(14-12-15)23(21,22)20-19-10-6-5-9-18(19)16-7-3-2-4-8-16/h3,5-7,9-14,16,20H,2,4,8H2,1H3. The molecule has 0 radical (unpaired) electrons. The molecule has 0 amide bonds. The number of para-hydroxylation sites is 1. The molecule has 23 heavy (non-hydrogen) atoms. The van der Waals surface area contributed by atoms with Gasteiger partial charge in [-0.25, -0.2) is 8.42 Å². The maximum Gasteiger partial charge on any atom is 0.261 e. The fourth-order valence-electron chi connectivity index (χ4n) is 2.91. The van der Waals surface area contributed by atoms with Crippen LogP contribution in [-0.4, -0.2) is 8.42 Å². The van der Waals surface area contributed by atoms with Crippen molar-refractivity contribution in [2.24, 2.45) is 0 Å². The zero-order valence-corrected chi connectivity index (χ0v) is 14.0. The molecule has 1 N–H and O–H groups in total. The van der Waals surface area contributed by atoms with Crippen LogP contribution in [0.1, 0.15) is 36.3 Å². The monoisotopic (exact) mass is 327 g/mol. The first kappa shape index (κ1) is 15.8. The number of benzene rings is 2. The molecule has 2 aromatic rings. The van der Waals surface area contributed by atoms with Crippen molar-refractivity contribution < 1.29 is 8.42 Å². The van der Waals surface area contributed by atoms with Crippen LogP contribution in [0, 0.1) is 6.92 Å². The molecule has 0 bridgehead atoms. The average Bonchev–Trinajstić information content (AvgIpc) is 2.56. The highest BCUT2D eigenvalue weighted by Gasteiger charge is 2.19. The molecule has 0 spiro atoms. The van der Waals surface area contributed by atoms with Crippen LogP contribution in [-0.2, 0) is 10.0 Å². The van der Waals surface area contributed by atoms with Gasteiger partial charge in [-0.1, -0.05) is 48.0 Å². The van der Waals surface area contributed by atoms with Crippen molar-refractivity contribution in [3.05, 3.63) is 71.8 Å². The molecule has 1 aliphatic rings. The van der Waals surface area contributed by atoms with E-state index in [2.05, 4.69) is 16.9 Å². The largest absolute Gasteiger partial charge is 0.279 e. The fourth-order valence-corrected chi connectivity index (χ4v) is 3.99. The van der Waals surface area contributed by atoms with Crippen LogP contribution in [0.25, 0.3) is 0 Å². The van der Waals surface area contributed by atoms with Crippen LogP contribution >= 0.6 is 0 Å². The molecule has 1 aliphatic carbocycles. The van der Waals surface area contributed by atoms with E-state index in [1.54, 1.807) is 12.1 Å². The van der Waals surface area contributed by atoms with Crippen LogP contribution in [0.2, 0.25) is 0 Å². The summed E-state index contributed by atoms with van der Waals surface area (Å²) in [4.78, 5) is 0.289. The number of hydrogen-bond donors (Lipinski definition) is 1. The topological polar surface area (TPSA) is 46.2 Å². The number of nitrogens with one attached hydrogen (secondary N) is 1. The molecule has 0 fully saturated rings. The second-order valence-electron chi connectivity index (χ2n) is 5.97. The van der Waals surface area contributed by atoms with E-state index in [-0.39, 0.29) is 10.8 Å². The normalized spacial score (nSPS) is 17.9. The average molecular weight is 327 g/mol. The minimum atomic E-state index is -3.57. The van der Waals surface area contributed by atoms with E-state index in [9.17, 15) is 8.42 Å². The van der Waals surface area contributed by atoms with Gasteiger partial charge in [0.2, 0.25) is 0 Å². The highest BCUT2D eigenvalue weighted by atomic mass is 32.2. The third-order valence-electron chi connectivity index (χ3n) is 4.19. The molecule has 4 heteroatoms. The minimum absolute atomic E-state index is 0.278. The number of sulfonamides is 1. The van der Waals surface area contributed by atoms with Crippen LogP contribution in [0.4, 0.5) is 5.69 Å². The molecular formula is C19H21NO2S. The van der Waals surface area contributed by atoms with E-state index in [0.717, 1.165) is 30.4 Å². The Hall–Kier alpha value is -2.07. The van der Waals surface area contributed by atoms with Crippen molar-refractivity contribution in [1.29, 1.82) is 0 Å². The van der Waals surface area contributed by atoms with E-state index in [1.807, 2.05) is 43.3 Å². The quantitative estimate of drug-likeness (QED) is 0.833. The molecule has 1 unspecified atom stereocenters. The summed E-state index contributed by atoms with van der Waals surface area (Å²) in [6, 6.07) is 14.6. The predicted molar refractivity (Wildman–Crippen MR) is 94.2 cm³/mol. The van der Waals surface area contributed by atoms with E-state index >= 15 is 0 Å². The second-order valence-corrected chi connectivity index (χ2v) is 7.65. The lowest BCUT2D eigenvalue weighted by atomic mass is 9.88. The van der Waals surface area contributed by atoms with Gasteiger partial charge in [0.05, 0.1) is 10.6 Å². The van der Waals surface area contributed by atoms with Crippen molar-refractivity contribution >= 4 is 15.7 Å². The predicted octanol–water partition coefficient (Wildman–Crippen LogP) is 4.62. The summed E-state index contributed by atoms with van der Waals surface area (Å²) in [6.45, 7) is 1.94. The lowest BCUT2D eigenvalue weighted by Crippen LogP contribution is -2.15. The van der Waals surface area contributed by atoms with E-state index in [1.165, 1.54) is 0 Å². The summed E-state index contributed by atoms with van der Waals surface area (Å²) in [6.07, 6.45) is 7.66. The highest BCUT2D eigenvalue weighted by Crippen LogP contribution is 2.33. The van der Waals surface area contributed by atoms with Crippen LogP contribution < -0.4 is 4.72 Å². The van der Waals surface area contributed by atoms with Gasteiger partial charge in [0.25, 0.3) is 10.0 Å². The molecule has 2 aromatic carbocycles. The summed E-state index contributed by atoms with van der Waals surface area (Å²) < 4.78 is 28.0.